The van der Waals surface area contributed by atoms with Crippen LogP contribution in [0.3, 0.4) is 0 Å². The molecule has 0 spiro atoms. The zero-order chi connectivity index (χ0) is 15.8. The largest absolute Gasteiger partial charge is 0.396 e. The van der Waals surface area contributed by atoms with Crippen molar-refractivity contribution in [3.05, 3.63) is 70.7 Å². The highest BCUT2D eigenvalue weighted by Gasteiger charge is 2.13. The van der Waals surface area contributed by atoms with Crippen molar-refractivity contribution >= 4 is 17.5 Å². The van der Waals surface area contributed by atoms with E-state index >= 15 is 0 Å². The number of amides is 1. The Hall–Kier alpha value is -1.84. The summed E-state index contributed by atoms with van der Waals surface area (Å²) in [5.41, 5.74) is 1.94. The lowest BCUT2D eigenvalue weighted by molar-refractivity contribution is -0.120. The van der Waals surface area contributed by atoms with E-state index in [1.54, 1.807) is 6.07 Å². The van der Waals surface area contributed by atoms with Crippen molar-refractivity contribution in [2.24, 2.45) is 0 Å². The number of carbonyl (C=O) groups excluding carboxylic acids is 1. The summed E-state index contributed by atoms with van der Waals surface area (Å²) < 4.78 is 0. The number of aliphatic hydroxyl groups excluding tert-OH is 1. The second-order valence-corrected chi connectivity index (χ2v) is 5.60. The van der Waals surface area contributed by atoms with E-state index < -0.39 is 0 Å². The summed E-state index contributed by atoms with van der Waals surface area (Å²) in [6, 6.07) is 17.3. The molecule has 3 nitrogen and oxygen atoms in total. The van der Waals surface area contributed by atoms with E-state index in [0.717, 1.165) is 11.1 Å². The zero-order valence-electron chi connectivity index (χ0n) is 12.3. The predicted molar refractivity (Wildman–Crippen MR) is 89.1 cm³/mol. The van der Waals surface area contributed by atoms with Crippen molar-refractivity contribution in [2.45, 2.75) is 18.8 Å². The number of carbonyl (C=O) groups is 1. The van der Waals surface area contributed by atoms with Crippen molar-refractivity contribution in [2.75, 3.05) is 13.2 Å². The second kappa shape index (κ2) is 8.57. The fourth-order valence-corrected chi connectivity index (χ4v) is 2.58. The van der Waals surface area contributed by atoms with Gasteiger partial charge in [0.25, 0.3) is 0 Å². The molecular formula is C18H20ClNO2. The van der Waals surface area contributed by atoms with Gasteiger partial charge in [0.05, 0.1) is 6.42 Å². The summed E-state index contributed by atoms with van der Waals surface area (Å²) in [4.78, 5) is 12.1. The average Bonchev–Trinajstić information content (AvgIpc) is 2.54. The van der Waals surface area contributed by atoms with Gasteiger partial charge in [-0.1, -0.05) is 60.1 Å². The summed E-state index contributed by atoms with van der Waals surface area (Å²) in [7, 11) is 0. The first-order valence-electron chi connectivity index (χ1n) is 7.36. The van der Waals surface area contributed by atoms with Crippen molar-refractivity contribution in [1.29, 1.82) is 0 Å². The Kier molecular flexibility index (Phi) is 6.44. The summed E-state index contributed by atoms with van der Waals surface area (Å²) >= 11 is 6.06. The van der Waals surface area contributed by atoms with Crippen LogP contribution >= 0.6 is 11.6 Å². The van der Waals surface area contributed by atoms with Crippen LogP contribution < -0.4 is 5.32 Å². The van der Waals surface area contributed by atoms with Gasteiger partial charge in [-0.3, -0.25) is 4.79 Å². The predicted octanol–water partition coefficient (Wildman–Crippen LogP) is 3.16. The van der Waals surface area contributed by atoms with Crippen molar-refractivity contribution in [3.63, 3.8) is 0 Å². The Bertz CT molecular complexity index is 601. The Morgan fingerprint density at radius 2 is 1.77 bits per heavy atom. The van der Waals surface area contributed by atoms with Crippen LogP contribution in [0.5, 0.6) is 0 Å². The maximum atomic E-state index is 12.1. The fraction of sp³-hybridized carbons (Fsp3) is 0.278. The van der Waals surface area contributed by atoms with Gasteiger partial charge in [-0.2, -0.15) is 0 Å². The molecule has 22 heavy (non-hydrogen) atoms. The van der Waals surface area contributed by atoms with Crippen LogP contribution in [-0.2, 0) is 11.2 Å². The number of hydrogen-bond donors (Lipinski definition) is 2. The Morgan fingerprint density at radius 3 is 2.45 bits per heavy atom. The molecule has 2 aromatic rings. The highest BCUT2D eigenvalue weighted by Crippen LogP contribution is 2.19. The van der Waals surface area contributed by atoms with Crippen LogP contribution in [0.15, 0.2) is 54.6 Å². The van der Waals surface area contributed by atoms with Gasteiger partial charge in [0, 0.05) is 24.1 Å². The van der Waals surface area contributed by atoms with Gasteiger partial charge < -0.3 is 10.4 Å². The molecule has 1 atom stereocenters. The fourth-order valence-electron chi connectivity index (χ4n) is 2.38. The van der Waals surface area contributed by atoms with E-state index in [4.69, 9.17) is 11.6 Å². The maximum absolute atomic E-state index is 12.1. The minimum Gasteiger partial charge on any atom is -0.396 e. The molecule has 116 valence electrons. The third-order valence-corrected chi connectivity index (χ3v) is 3.97. The van der Waals surface area contributed by atoms with Crippen LogP contribution in [-0.4, -0.2) is 24.2 Å². The topological polar surface area (TPSA) is 49.3 Å². The van der Waals surface area contributed by atoms with Crippen LogP contribution in [0, 0.1) is 0 Å². The molecule has 2 aromatic carbocycles. The molecule has 0 fully saturated rings. The number of benzene rings is 2. The summed E-state index contributed by atoms with van der Waals surface area (Å²) in [6.07, 6.45) is 0.886. The zero-order valence-corrected chi connectivity index (χ0v) is 13.1. The molecule has 1 unspecified atom stereocenters. The lowest BCUT2D eigenvalue weighted by Crippen LogP contribution is -2.30. The van der Waals surface area contributed by atoms with Crippen LogP contribution in [0.25, 0.3) is 0 Å². The van der Waals surface area contributed by atoms with Gasteiger partial charge in [-0.15, -0.1) is 0 Å². The lowest BCUT2D eigenvalue weighted by atomic mass is 9.96. The standard InChI is InChI=1S/C18H20ClNO2/c19-17-9-5-4-8-15(17)12-18(22)20-13-16(10-11-21)14-6-2-1-3-7-14/h1-9,16,21H,10-13H2,(H,20,22). The summed E-state index contributed by atoms with van der Waals surface area (Å²) in [5, 5.41) is 12.7. The first kappa shape index (κ1) is 16.5. The van der Waals surface area contributed by atoms with E-state index in [-0.39, 0.29) is 24.9 Å². The van der Waals surface area contributed by atoms with E-state index in [2.05, 4.69) is 5.32 Å². The van der Waals surface area contributed by atoms with Gasteiger partial charge in [0.1, 0.15) is 0 Å². The van der Waals surface area contributed by atoms with Gasteiger partial charge in [-0.05, 0) is 23.6 Å². The molecule has 2 N–H and O–H groups in total. The smallest absolute Gasteiger partial charge is 0.224 e. The van der Waals surface area contributed by atoms with Gasteiger partial charge in [0.2, 0.25) is 5.91 Å². The Balaban J connectivity index is 1.92. The van der Waals surface area contributed by atoms with E-state index in [9.17, 15) is 9.90 Å². The third-order valence-electron chi connectivity index (χ3n) is 3.60. The highest BCUT2D eigenvalue weighted by atomic mass is 35.5. The molecule has 0 aliphatic carbocycles. The molecule has 1 amide bonds. The molecule has 4 heteroatoms. The molecule has 0 bridgehead atoms. The molecule has 0 radical (unpaired) electrons. The number of hydrogen-bond acceptors (Lipinski definition) is 2. The maximum Gasteiger partial charge on any atom is 0.224 e. The number of rotatable bonds is 7. The SMILES string of the molecule is O=C(Cc1ccccc1Cl)NCC(CCO)c1ccccc1. The summed E-state index contributed by atoms with van der Waals surface area (Å²) in [5.74, 6) is 0.0494. The molecule has 0 saturated heterocycles. The summed E-state index contributed by atoms with van der Waals surface area (Å²) in [6.45, 7) is 0.605. The van der Waals surface area contributed by atoms with Crippen molar-refractivity contribution in [1.82, 2.24) is 5.32 Å². The molecular weight excluding hydrogens is 298 g/mol. The monoisotopic (exact) mass is 317 g/mol. The molecule has 2 rings (SSSR count). The Labute approximate surface area is 135 Å². The van der Waals surface area contributed by atoms with E-state index in [1.807, 2.05) is 48.5 Å². The minimum absolute atomic E-state index is 0.0630. The van der Waals surface area contributed by atoms with Gasteiger partial charge in [-0.25, -0.2) is 0 Å². The van der Waals surface area contributed by atoms with Crippen molar-refractivity contribution < 1.29 is 9.90 Å². The van der Waals surface area contributed by atoms with Crippen LogP contribution in [0.1, 0.15) is 23.5 Å². The van der Waals surface area contributed by atoms with Gasteiger partial charge >= 0.3 is 0 Å². The van der Waals surface area contributed by atoms with Gasteiger partial charge in [0.15, 0.2) is 0 Å². The molecule has 0 saturated carbocycles. The molecule has 0 aromatic heterocycles. The Morgan fingerprint density at radius 1 is 1.09 bits per heavy atom. The van der Waals surface area contributed by atoms with Crippen LogP contribution in [0.2, 0.25) is 5.02 Å². The normalized spacial score (nSPS) is 11.9. The number of nitrogens with one attached hydrogen (secondary N) is 1. The number of halogens is 1. The first-order chi connectivity index (χ1) is 10.7. The molecule has 0 aliphatic heterocycles. The van der Waals surface area contributed by atoms with E-state index in [0.29, 0.717) is 18.0 Å². The average molecular weight is 318 g/mol. The second-order valence-electron chi connectivity index (χ2n) is 5.19. The van der Waals surface area contributed by atoms with E-state index in [1.165, 1.54) is 0 Å². The number of aliphatic hydroxyl groups is 1. The lowest BCUT2D eigenvalue weighted by Gasteiger charge is -2.17. The third kappa shape index (κ3) is 4.86. The molecule has 0 aliphatic rings. The van der Waals surface area contributed by atoms with Crippen LogP contribution in [0.4, 0.5) is 0 Å². The first-order valence-corrected chi connectivity index (χ1v) is 7.74. The highest BCUT2D eigenvalue weighted by molar-refractivity contribution is 6.31. The van der Waals surface area contributed by atoms with Crippen molar-refractivity contribution in [3.8, 4) is 0 Å². The molecule has 0 heterocycles. The quantitative estimate of drug-likeness (QED) is 0.824. The minimum atomic E-state index is -0.0630.